The Morgan fingerprint density at radius 1 is 0.933 bits per heavy atom. The molecule has 0 spiro atoms. The van der Waals surface area contributed by atoms with Crippen LogP contribution >= 0.6 is 11.8 Å². The van der Waals surface area contributed by atoms with E-state index in [4.69, 9.17) is 17.2 Å². The van der Waals surface area contributed by atoms with Crippen molar-refractivity contribution < 1.29 is 33.9 Å². The van der Waals surface area contributed by atoms with E-state index in [9.17, 15) is 33.9 Å². The second-order valence-corrected chi connectivity index (χ2v) is 7.29. The lowest BCUT2D eigenvalue weighted by molar-refractivity contribution is -0.142. The number of carbonyl (C=O) groups is 6. The fraction of sp³-hybridized carbons (Fsp3) is 0.625. The summed E-state index contributed by atoms with van der Waals surface area (Å²) in [5.74, 6) is -4.78. The molecular formula is C16H28N6O7S. The first-order valence-corrected chi connectivity index (χ1v) is 10.3. The number of nitrogens with one attached hydrogen (secondary N) is 3. The quantitative estimate of drug-likeness (QED) is 0.131. The fourth-order valence-electron chi connectivity index (χ4n) is 2.15. The van der Waals surface area contributed by atoms with Gasteiger partial charge in [0.15, 0.2) is 0 Å². The highest BCUT2D eigenvalue weighted by atomic mass is 32.2. The molecule has 0 rings (SSSR count). The molecule has 0 aromatic rings. The number of carboxylic acid groups (broad SMARTS) is 1. The summed E-state index contributed by atoms with van der Waals surface area (Å²) in [6.45, 7) is -0.569. The molecule has 5 amide bonds. The average molecular weight is 449 g/mol. The Morgan fingerprint density at radius 3 is 2.07 bits per heavy atom. The molecule has 3 unspecified atom stereocenters. The van der Waals surface area contributed by atoms with Crippen molar-refractivity contribution in [3.63, 3.8) is 0 Å². The van der Waals surface area contributed by atoms with Crippen molar-refractivity contribution in [2.45, 2.75) is 43.8 Å². The number of primary amides is 2. The summed E-state index contributed by atoms with van der Waals surface area (Å²) in [6.07, 6.45) is 1.22. The molecule has 0 bridgehead atoms. The summed E-state index contributed by atoms with van der Waals surface area (Å²) < 4.78 is 0. The minimum Gasteiger partial charge on any atom is -0.480 e. The summed E-state index contributed by atoms with van der Waals surface area (Å²) in [7, 11) is 0. The van der Waals surface area contributed by atoms with Gasteiger partial charge in [-0.3, -0.25) is 24.0 Å². The molecule has 0 saturated heterocycles. The van der Waals surface area contributed by atoms with E-state index in [2.05, 4.69) is 16.0 Å². The number of amides is 5. The van der Waals surface area contributed by atoms with E-state index < -0.39 is 66.6 Å². The SMILES string of the molecule is CSCCC(NC(=O)C(CC(N)=O)NC(=O)CNC(=O)C(N)CCC(N)=O)C(=O)O. The summed E-state index contributed by atoms with van der Waals surface area (Å²) >= 11 is 1.39. The predicted octanol–water partition coefficient (Wildman–Crippen LogP) is -3.62. The molecule has 14 heteroatoms. The highest BCUT2D eigenvalue weighted by Crippen LogP contribution is 2.03. The highest BCUT2D eigenvalue weighted by molar-refractivity contribution is 7.98. The van der Waals surface area contributed by atoms with Crippen LogP contribution < -0.4 is 33.2 Å². The molecule has 0 aliphatic rings. The minimum absolute atomic E-state index is 0.0118. The summed E-state index contributed by atoms with van der Waals surface area (Å²) in [4.78, 5) is 69.3. The maximum absolute atomic E-state index is 12.3. The number of carbonyl (C=O) groups excluding carboxylic acids is 5. The minimum atomic E-state index is -1.42. The Bertz CT molecular complexity index is 660. The number of thioether (sulfide) groups is 1. The topological polar surface area (TPSA) is 237 Å². The molecule has 13 nitrogen and oxygen atoms in total. The van der Waals surface area contributed by atoms with Crippen LogP contribution in [-0.4, -0.2) is 77.3 Å². The van der Waals surface area contributed by atoms with Crippen molar-refractivity contribution in [2.75, 3.05) is 18.6 Å². The van der Waals surface area contributed by atoms with Crippen molar-refractivity contribution in [3.8, 4) is 0 Å². The van der Waals surface area contributed by atoms with Gasteiger partial charge in [0.1, 0.15) is 12.1 Å². The van der Waals surface area contributed by atoms with Crippen LogP contribution in [0.1, 0.15) is 25.7 Å². The zero-order valence-electron chi connectivity index (χ0n) is 16.5. The molecule has 0 heterocycles. The third-order valence-electron chi connectivity index (χ3n) is 3.74. The predicted molar refractivity (Wildman–Crippen MR) is 108 cm³/mol. The van der Waals surface area contributed by atoms with Crippen molar-refractivity contribution in [1.82, 2.24) is 16.0 Å². The number of hydrogen-bond donors (Lipinski definition) is 7. The van der Waals surface area contributed by atoms with Gasteiger partial charge < -0.3 is 38.3 Å². The van der Waals surface area contributed by atoms with Gasteiger partial charge in [-0.05, 0) is 24.9 Å². The van der Waals surface area contributed by atoms with Crippen LogP contribution in [0.5, 0.6) is 0 Å². The van der Waals surface area contributed by atoms with Crippen LogP contribution in [0.4, 0.5) is 0 Å². The molecule has 10 N–H and O–H groups in total. The highest BCUT2D eigenvalue weighted by Gasteiger charge is 2.27. The lowest BCUT2D eigenvalue weighted by Crippen LogP contribution is -2.54. The first-order valence-electron chi connectivity index (χ1n) is 8.89. The number of rotatable bonds is 15. The van der Waals surface area contributed by atoms with Crippen LogP contribution in [-0.2, 0) is 28.8 Å². The van der Waals surface area contributed by atoms with Crippen LogP contribution in [0.25, 0.3) is 0 Å². The molecule has 30 heavy (non-hydrogen) atoms. The van der Waals surface area contributed by atoms with Crippen LogP contribution in [0.2, 0.25) is 0 Å². The van der Waals surface area contributed by atoms with Gasteiger partial charge in [-0.15, -0.1) is 0 Å². The Kier molecular flexibility index (Phi) is 12.8. The van der Waals surface area contributed by atoms with E-state index in [1.54, 1.807) is 6.26 Å². The maximum Gasteiger partial charge on any atom is 0.326 e. The normalized spacial score (nSPS) is 13.4. The Morgan fingerprint density at radius 2 is 1.57 bits per heavy atom. The Balaban J connectivity index is 4.83. The molecule has 170 valence electrons. The average Bonchev–Trinajstić information content (AvgIpc) is 2.65. The van der Waals surface area contributed by atoms with Gasteiger partial charge in [-0.1, -0.05) is 0 Å². The van der Waals surface area contributed by atoms with Gasteiger partial charge in [0.05, 0.1) is 19.0 Å². The molecule has 0 saturated carbocycles. The van der Waals surface area contributed by atoms with Crippen molar-refractivity contribution >= 4 is 47.3 Å². The van der Waals surface area contributed by atoms with E-state index >= 15 is 0 Å². The second-order valence-electron chi connectivity index (χ2n) is 6.30. The van der Waals surface area contributed by atoms with E-state index in [0.29, 0.717) is 5.75 Å². The lowest BCUT2D eigenvalue weighted by atomic mass is 10.1. The van der Waals surface area contributed by atoms with Crippen molar-refractivity contribution in [1.29, 1.82) is 0 Å². The van der Waals surface area contributed by atoms with Crippen LogP contribution in [0.15, 0.2) is 0 Å². The molecule has 3 atom stereocenters. The largest absolute Gasteiger partial charge is 0.480 e. The second kappa shape index (κ2) is 14.2. The van der Waals surface area contributed by atoms with Gasteiger partial charge in [0.25, 0.3) is 0 Å². The van der Waals surface area contributed by atoms with Crippen molar-refractivity contribution in [3.05, 3.63) is 0 Å². The van der Waals surface area contributed by atoms with Gasteiger partial charge in [-0.2, -0.15) is 11.8 Å². The molecule has 0 aliphatic heterocycles. The van der Waals surface area contributed by atoms with Crippen LogP contribution in [0.3, 0.4) is 0 Å². The number of aliphatic carboxylic acids is 1. The Hall–Kier alpha value is -2.87. The molecule has 0 aliphatic carbocycles. The Labute approximate surface area is 177 Å². The van der Waals surface area contributed by atoms with Gasteiger partial charge >= 0.3 is 5.97 Å². The van der Waals surface area contributed by atoms with Gasteiger partial charge in [-0.25, -0.2) is 4.79 Å². The van der Waals surface area contributed by atoms with E-state index in [0.717, 1.165) is 0 Å². The summed E-state index contributed by atoms with van der Waals surface area (Å²) in [6, 6.07) is -3.70. The van der Waals surface area contributed by atoms with Gasteiger partial charge in [0.2, 0.25) is 29.5 Å². The molecule has 0 fully saturated rings. The standard InChI is InChI=1S/C16H28N6O7S/c1-30-5-4-9(16(28)29)22-15(27)10(6-12(19)24)21-13(25)7-20-14(26)8(17)2-3-11(18)23/h8-10H,2-7,17H2,1H3,(H2,18,23)(H2,19,24)(H,20,26)(H,21,25)(H,22,27)(H,28,29). The van der Waals surface area contributed by atoms with E-state index in [-0.39, 0.29) is 19.3 Å². The zero-order valence-corrected chi connectivity index (χ0v) is 17.3. The maximum atomic E-state index is 12.3. The zero-order chi connectivity index (χ0) is 23.3. The van der Waals surface area contributed by atoms with Crippen LogP contribution in [0, 0.1) is 0 Å². The third kappa shape index (κ3) is 11.9. The number of nitrogens with two attached hydrogens (primary N) is 3. The lowest BCUT2D eigenvalue weighted by Gasteiger charge is -2.21. The molecule has 0 aromatic carbocycles. The first-order chi connectivity index (χ1) is 14.0. The fourth-order valence-corrected chi connectivity index (χ4v) is 2.62. The summed E-state index contributed by atoms with van der Waals surface area (Å²) in [5, 5.41) is 15.9. The molecule has 0 radical (unpaired) electrons. The third-order valence-corrected chi connectivity index (χ3v) is 4.39. The number of carboxylic acids is 1. The molecule has 0 aromatic heterocycles. The molecular weight excluding hydrogens is 420 g/mol. The van der Waals surface area contributed by atoms with E-state index in [1.165, 1.54) is 11.8 Å². The van der Waals surface area contributed by atoms with Crippen molar-refractivity contribution in [2.24, 2.45) is 17.2 Å². The smallest absolute Gasteiger partial charge is 0.326 e. The number of hydrogen-bond acceptors (Lipinski definition) is 8. The van der Waals surface area contributed by atoms with Gasteiger partial charge in [0, 0.05) is 6.42 Å². The van der Waals surface area contributed by atoms with E-state index in [1.807, 2.05) is 0 Å². The summed E-state index contributed by atoms with van der Waals surface area (Å²) in [5.41, 5.74) is 15.6. The first kappa shape index (κ1) is 27.1. The monoisotopic (exact) mass is 448 g/mol.